The first-order valence-electron chi connectivity index (χ1n) is 7.55. The second kappa shape index (κ2) is 7.88. The number of amides is 2. The molecule has 1 aromatic rings. The molecule has 116 valence electrons. The number of aliphatic hydroxyl groups is 1. The maximum absolute atomic E-state index is 11.9. The zero-order valence-electron chi connectivity index (χ0n) is 12.5. The molecule has 1 aliphatic heterocycles. The van der Waals surface area contributed by atoms with Gasteiger partial charge in [-0.05, 0) is 38.3 Å². The quantitative estimate of drug-likeness (QED) is 0.815. The topological polar surface area (TPSA) is 61.8 Å². The van der Waals surface area contributed by atoms with Crippen LogP contribution in [0.3, 0.4) is 0 Å². The number of β-amino-alcohol motifs (C(OH)–C–C–N with tert-alkyl or cyclic N) is 1. The van der Waals surface area contributed by atoms with Crippen LogP contribution in [0.2, 0.25) is 0 Å². The Bertz CT molecular complexity index is 447. The van der Waals surface area contributed by atoms with Gasteiger partial charge < -0.3 is 20.1 Å². The Hall–Kier alpha value is -1.75. The molecular formula is C16H24N2O3. The summed E-state index contributed by atoms with van der Waals surface area (Å²) in [6.45, 7) is 4.36. The number of nitrogens with one attached hydrogen (secondary N) is 1. The molecule has 1 saturated heterocycles. The van der Waals surface area contributed by atoms with Crippen LogP contribution in [0, 0.1) is 6.92 Å². The number of piperidine rings is 1. The van der Waals surface area contributed by atoms with Gasteiger partial charge in [0.05, 0.1) is 12.7 Å². The summed E-state index contributed by atoms with van der Waals surface area (Å²) in [4.78, 5) is 13.6. The van der Waals surface area contributed by atoms with Gasteiger partial charge in [-0.1, -0.05) is 17.7 Å². The second-order valence-corrected chi connectivity index (χ2v) is 5.49. The number of benzene rings is 1. The molecule has 1 unspecified atom stereocenters. The number of nitrogens with zero attached hydrogens (tertiary/aromatic N) is 1. The average molecular weight is 292 g/mol. The SMILES string of the molecule is Cc1ccc(OCCCNC(=O)N2CCCC(O)C2)cc1. The molecule has 0 aromatic heterocycles. The van der Waals surface area contributed by atoms with Crippen molar-refractivity contribution in [1.82, 2.24) is 10.2 Å². The normalized spacial score (nSPS) is 18.4. The number of hydrogen-bond acceptors (Lipinski definition) is 3. The van der Waals surface area contributed by atoms with Gasteiger partial charge in [0, 0.05) is 19.6 Å². The molecule has 0 saturated carbocycles. The minimum atomic E-state index is -0.380. The molecule has 5 heteroatoms. The Morgan fingerprint density at radius 3 is 2.90 bits per heavy atom. The molecule has 1 aromatic carbocycles. The largest absolute Gasteiger partial charge is 0.494 e. The smallest absolute Gasteiger partial charge is 0.317 e. The zero-order valence-corrected chi connectivity index (χ0v) is 12.5. The summed E-state index contributed by atoms with van der Waals surface area (Å²) in [5, 5.41) is 12.4. The average Bonchev–Trinajstić information content (AvgIpc) is 2.48. The summed E-state index contributed by atoms with van der Waals surface area (Å²) in [7, 11) is 0. The summed E-state index contributed by atoms with van der Waals surface area (Å²) in [5.74, 6) is 0.853. The molecule has 0 bridgehead atoms. The lowest BCUT2D eigenvalue weighted by molar-refractivity contribution is 0.0842. The summed E-state index contributed by atoms with van der Waals surface area (Å²) >= 11 is 0. The Kier molecular flexibility index (Phi) is 5.87. The van der Waals surface area contributed by atoms with Crippen LogP contribution < -0.4 is 10.1 Å². The molecule has 1 heterocycles. The van der Waals surface area contributed by atoms with Crippen LogP contribution in [0.1, 0.15) is 24.8 Å². The fourth-order valence-corrected chi connectivity index (χ4v) is 2.34. The highest BCUT2D eigenvalue weighted by atomic mass is 16.5. The van der Waals surface area contributed by atoms with Gasteiger partial charge in [-0.25, -0.2) is 4.79 Å². The van der Waals surface area contributed by atoms with Gasteiger partial charge in [0.15, 0.2) is 0 Å². The van der Waals surface area contributed by atoms with Crippen LogP contribution in [-0.4, -0.2) is 48.4 Å². The fraction of sp³-hybridized carbons (Fsp3) is 0.562. The number of urea groups is 1. The van der Waals surface area contributed by atoms with E-state index in [1.807, 2.05) is 31.2 Å². The maximum Gasteiger partial charge on any atom is 0.317 e. The van der Waals surface area contributed by atoms with E-state index in [0.29, 0.717) is 19.7 Å². The predicted octanol–water partition coefficient (Wildman–Crippen LogP) is 1.93. The molecule has 0 aliphatic carbocycles. The van der Waals surface area contributed by atoms with E-state index in [-0.39, 0.29) is 12.1 Å². The number of aryl methyl sites for hydroxylation is 1. The molecule has 2 amide bonds. The Balaban J connectivity index is 1.59. The highest BCUT2D eigenvalue weighted by molar-refractivity contribution is 5.74. The maximum atomic E-state index is 11.9. The minimum absolute atomic E-state index is 0.0934. The van der Waals surface area contributed by atoms with E-state index >= 15 is 0 Å². The molecular weight excluding hydrogens is 268 g/mol. The molecule has 2 N–H and O–H groups in total. The van der Waals surface area contributed by atoms with E-state index in [2.05, 4.69) is 5.32 Å². The van der Waals surface area contributed by atoms with Crippen LogP contribution in [0.5, 0.6) is 5.75 Å². The van der Waals surface area contributed by atoms with Gasteiger partial charge in [0.2, 0.25) is 0 Å². The third-order valence-electron chi connectivity index (χ3n) is 3.57. The third-order valence-corrected chi connectivity index (χ3v) is 3.57. The van der Waals surface area contributed by atoms with Gasteiger partial charge >= 0.3 is 6.03 Å². The van der Waals surface area contributed by atoms with E-state index < -0.39 is 0 Å². The standard InChI is InChI=1S/C16H24N2O3/c1-13-5-7-15(8-6-13)21-11-3-9-17-16(20)18-10-2-4-14(19)12-18/h5-8,14,19H,2-4,9-12H2,1H3,(H,17,20). The lowest BCUT2D eigenvalue weighted by Gasteiger charge is -2.30. The Morgan fingerprint density at radius 2 is 2.19 bits per heavy atom. The van der Waals surface area contributed by atoms with Crippen molar-refractivity contribution in [3.8, 4) is 5.75 Å². The first kappa shape index (κ1) is 15.6. The molecule has 0 radical (unpaired) electrons. The van der Waals surface area contributed by atoms with Gasteiger partial charge in [-0.2, -0.15) is 0 Å². The number of carbonyl (C=O) groups excluding carboxylic acids is 1. The summed E-state index contributed by atoms with van der Waals surface area (Å²) in [5.41, 5.74) is 1.21. The van der Waals surface area contributed by atoms with Crippen LogP contribution in [0.15, 0.2) is 24.3 Å². The van der Waals surface area contributed by atoms with Crippen LogP contribution in [-0.2, 0) is 0 Å². The number of likely N-dealkylation sites (tertiary alicyclic amines) is 1. The van der Waals surface area contributed by atoms with E-state index in [0.717, 1.165) is 31.6 Å². The third kappa shape index (κ3) is 5.27. The van der Waals surface area contributed by atoms with Crippen molar-refractivity contribution in [3.05, 3.63) is 29.8 Å². The molecule has 2 rings (SSSR count). The second-order valence-electron chi connectivity index (χ2n) is 5.49. The fourth-order valence-electron chi connectivity index (χ4n) is 2.34. The van der Waals surface area contributed by atoms with Gasteiger partial charge in [-0.3, -0.25) is 0 Å². The van der Waals surface area contributed by atoms with Crippen molar-refractivity contribution in [2.75, 3.05) is 26.2 Å². The van der Waals surface area contributed by atoms with Gasteiger partial charge in [-0.15, -0.1) is 0 Å². The predicted molar refractivity (Wildman–Crippen MR) is 81.5 cm³/mol. The first-order chi connectivity index (χ1) is 10.1. The van der Waals surface area contributed by atoms with Crippen molar-refractivity contribution >= 4 is 6.03 Å². The monoisotopic (exact) mass is 292 g/mol. The van der Waals surface area contributed by atoms with E-state index in [4.69, 9.17) is 4.74 Å². The molecule has 1 atom stereocenters. The number of hydrogen-bond donors (Lipinski definition) is 2. The molecule has 1 aliphatic rings. The van der Waals surface area contributed by atoms with Crippen molar-refractivity contribution < 1.29 is 14.6 Å². The van der Waals surface area contributed by atoms with Crippen LogP contribution in [0.25, 0.3) is 0 Å². The van der Waals surface area contributed by atoms with Crippen LogP contribution in [0.4, 0.5) is 4.79 Å². The number of carbonyl (C=O) groups is 1. The van der Waals surface area contributed by atoms with Crippen LogP contribution >= 0.6 is 0 Å². The van der Waals surface area contributed by atoms with Crippen molar-refractivity contribution in [2.45, 2.75) is 32.3 Å². The van der Waals surface area contributed by atoms with Crippen molar-refractivity contribution in [3.63, 3.8) is 0 Å². The summed E-state index contributed by atoms with van der Waals surface area (Å²) < 4.78 is 5.60. The van der Waals surface area contributed by atoms with Crippen molar-refractivity contribution in [2.24, 2.45) is 0 Å². The highest BCUT2D eigenvalue weighted by Gasteiger charge is 2.21. The van der Waals surface area contributed by atoms with E-state index in [1.54, 1.807) is 4.90 Å². The molecule has 21 heavy (non-hydrogen) atoms. The van der Waals surface area contributed by atoms with Gasteiger partial charge in [0.1, 0.15) is 5.75 Å². The zero-order chi connectivity index (χ0) is 15.1. The number of ether oxygens (including phenoxy) is 1. The lowest BCUT2D eigenvalue weighted by atomic mass is 10.1. The lowest BCUT2D eigenvalue weighted by Crippen LogP contribution is -2.47. The molecule has 1 fully saturated rings. The first-order valence-corrected chi connectivity index (χ1v) is 7.55. The number of aliphatic hydroxyl groups excluding tert-OH is 1. The Labute approximate surface area is 125 Å². The van der Waals surface area contributed by atoms with E-state index in [9.17, 15) is 9.90 Å². The minimum Gasteiger partial charge on any atom is -0.494 e. The summed E-state index contributed by atoms with van der Waals surface area (Å²) in [6, 6.07) is 7.83. The van der Waals surface area contributed by atoms with Crippen molar-refractivity contribution in [1.29, 1.82) is 0 Å². The molecule has 0 spiro atoms. The van der Waals surface area contributed by atoms with Gasteiger partial charge in [0.25, 0.3) is 0 Å². The Morgan fingerprint density at radius 1 is 1.43 bits per heavy atom. The van der Waals surface area contributed by atoms with E-state index in [1.165, 1.54) is 5.56 Å². The summed E-state index contributed by atoms with van der Waals surface area (Å²) in [6.07, 6.45) is 2.03. The number of rotatable bonds is 5. The molecule has 5 nitrogen and oxygen atoms in total. The highest BCUT2D eigenvalue weighted by Crippen LogP contribution is 2.11.